The fraction of sp³-hybridized carbons (Fsp3) is 0.562. The van der Waals surface area contributed by atoms with Crippen LogP contribution in [0.15, 0.2) is 30.3 Å². The van der Waals surface area contributed by atoms with E-state index in [0.29, 0.717) is 18.5 Å². The molecule has 2 aliphatic rings. The summed E-state index contributed by atoms with van der Waals surface area (Å²) in [4.78, 5) is 14.5. The molecule has 2 fully saturated rings. The van der Waals surface area contributed by atoms with Gasteiger partial charge in [0.15, 0.2) is 0 Å². The third kappa shape index (κ3) is 4.61. The minimum absolute atomic E-state index is 0. The molecule has 0 bridgehead atoms. The van der Waals surface area contributed by atoms with Gasteiger partial charge >= 0.3 is 0 Å². The summed E-state index contributed by atoms with van der Waals surface area (Å²) < 4.78 is 5.41. The first kappa shape index (κ1) is 16.1. The molecular formula is C16H23ClN2O2. The Balaban J connectivity index is 0.00000161. The first-order valence-electron chi connectivity index (χ1n) is 7.49. The zero-order valence-electron chi connectivity index (χ0n) is 12.2. The fourth-order valence-corrected chi connectivity index (χ4v) is 2.68. The van der Waals surface area contributed by atoms with Gasteiger partial charge in [0.05, 0.1) is 13.2 Å². The van der Waals surface area contributed by atoms with E-state index in [9.17, 15) is 4.79 Å². The fourth-order valence-electron chi connectivity index (χ4n) is 2.68. The lowest BCUT2D eigenvalue weighted by molar-refractivity contribution is -0.130. The van der Waals surface area contributed by atoms with E-state index in [4.69, 9.17) is 4.74 Å². The highest BCUT2D eigenvalue weighted by Crippen LogP contribution is 2.29. The van der Waals surface area contributed by atoms with Crippen LogP contribution in [0.4, 0.5) is 5.69 Å². The maximum Gasteiger partial charge on any atom is 0.242 e. The number of hydrogen-bond donors (Lipinski definition) is 1. The smallest absolute Gasteiger partial charge is 0.242 e. The Morgan fingerprint density at radius 3 is 2.62 bits per heavy atom. The van der Waals surface area contributed by atoms with Crippen molar-refractivity contribution in [2.75, 3.05) is 31.6 Å². The maximum absolute atomic E-state index is 12.4. The molecule has 1 atom stereocenters. The second kappa shape index (κ2) is 7.66. The highest BCUT2D eigenvalue weighted by atomic mass is 35.5. The number of carbonyl (C=O) groups is 1. The van der Waals surface area contributed by atoms with Gasteiger partial charge in [-0.25, -0.2) is 0 Å². The Hall–Kier alpha value is -1.26. The van der Waals surface area contributed by atoms with Crippen molar-refractivity contribution in [3.05, 3.63) is 30.3 Å². The van der Waals surface area contributed by atoms with Crippen LogP contribution in [0.25, 0.3) is 0 Å². The van der Waals surface area contributed by atoms with Crippen molar-refractivity contribution < 1.29 is 9.53 Å². The molecule has 1 heterocycles. The van der Waals surface area contributed by atoms with Crippen LogP contribution in [-0.4, -0.2) is 43.2 Å². The van der Waals surface area contributed by atoms with E-state index < -0.39 is 0 Å². The number of rotatable bonds is 6. The normalized spacial score (nSPS) is 20.7. The standard InChI is InChI=1S/C16H22N2O2.ClH/c19-16(10-17-14-4-2-1-3-5-14)18(15-6-7-15)11-13-8-9-20-12-13;/h1-5,13,15,17H,6-12H2;1H. The van der Waals surface area contributed by atoms with Crippen molar-refractivity contribution in [3.8, 4) is 0 Å². The third-order valence-corrected chi connectivity index (χ3v) is 4.00. The van der Waals surface area contributed by atoms with E-state index in [0.717, 1.165) is 44.7 Å². The SMILES string of the molecule is Cl.O=C(CNc1ccccc1)N(CC1CCOC1)C1CC1. The van der Waals surface area contributed by atoms with Crippen molar-refractivity contribution in [2.45, 2.75) is 25.3 Å². The third-order valence-electron chi connectivity index (χ3n) is 4.00. The molecule has 0 aromatic heterocycles. The van der Waals surface area contributed by atoms with Crippen molar-refractivity contribution in [3.63, 3.8) is 0 Å². The van der Waals surface area contributed by atoms with E-state index in [1.54, 1.807) is 0 Å². The van der Waals surface area contributed by atoms with E-state index in [-0.39, 0.29) is 18.3 Å². The average molecular weight is 311 g/mol. The number of benzene rings is 1. The summed E-state index contributed by atoms with van der Waals surface area (Å²) in [6, 6.07) is 10.4. The molecule has 1 aliphatic heterocycles. The van der Waals surface area contributed by atoms with Gasteiger partial charge in [-0.1, -0.05) is 18.2 Å². The molecule has 5 heteroatoms. The molecule has 0 spiro atoms. The van der Waals surface area contributed by atoms with E-state index in [1.165, 1.54) is 0 Å². The van der Waals surface area contributed by atoms with Gasteiger partial charge in [-0.15, -0.1) is 12.4 Å². The largest absolute Gasteiger partial charge is 0.381 e. The van der Waals surface area contributed by atoms with Crippen molar-refractivity contribution >= 4 is 24.0 Å². The number of nitrogens with zero attached hydrogens (tertiary/aromatic N) is 1. The molecule has 116 valence electrons. The van der Waals surface area contributed by atoms with Gasteiger partial charge in [-0.05, 0) is 31.4 Å². The number of nitrogens with one attached hydrogen (secondary N) is 1. The molecule has 4 nitrogen and oxygen atoms in total. The molecule has 1 unspecified atom stereocenters. The molecule has 0 radical (unpaired) electrons. The average Bonchev–Trinajstić information content (AvgIpc) is 3.20. The number of amides is 1. The summed E-state index contributed by atoms with van der Waals surface area (Å²) in [5.41, 5.74) is 1.00. The van der Waals surface area contributed by atoms with Gasteiger partial charge in [-0.2, -0.15) is 0 Å². The highest BCUT2D eigenvalue weighted by molar-refractivity contribution is 5.85. The molecule has 1 aromatic rings. The number of carbonyl (C=O) groups excluding carboxylic acids is 1. The zero-order valence-corrected chi connectivity index (χ0v) is 13.0. The second-order valence-corrected chi connectivity index (χ2v) is 5.73. The summed E-state index contributed by atoms with van der Waals surface area (Å²) in [6.45, 7) is 2.90. The number of hydrogen-bond acceptors (Lipinski definition) is 3. The quantitative estimate of drug-likeness (QED) is 0.878. The number of ether oxygens (including phenoxy) is 1. The van der Waals surface area contributed by atoms with Crippen LogP contribution in [0.3, 0.4) is 0 Å². The molecule has 21 heavy (non-hydrogen) atoms. The van der Waals surface area contributed by atoms with Crippen LogP contribution in [0.5, 0.6) is 0 Å². The second-order valence-electron chi connectivity index (χ2n) is 5.73. The molecule has 1 aliphatic carbocycles. The topological polar surface area (TPSA) is 41.6 Å². The lowest BCUT2D eigenvalue weighted by atomic mass is 10.1. The lowest BCUT2D eigenvalue weighted by Crippen LogP contribution is -2.40. The van der Waals surface area contributed by atoms with Crippen molar-refractivity contribution in [1.82, 2.24) is 4.90 Å². The predicted molar refractivity (Wildman–Crippen MR) is 85.8 cm³/mol. The molecule has 1 saturated heterocycles. The van der Waals surface area contributed by atoms with Crippen molar-refractivity contribution in [2.24, 2.45) is 5.92 Å². The Bertz CT molecular complexity index is 445. The monoisotopic (exact) mass is 310 g/mol. The molecule has 1 amide bonds. The number of halogens is 1. The van der Waals surface area contributed by atoms with E-state index in [2.05, 4.69) is 10.2 Å². The van der Waals surface area contributed by atoms with Crippen LogP contribution < -0.4 is 5.32 Å². The Morgan fingerprint density at radius 1 is 1.24 bits per heavy atom. The first-order valence-corrected chi connectivity index (χ1v) is 7.49. The molecular weight excluding hydrogens is 288 g/mol. The zero-order chi connectivity index (χ0) is 13.8. The summed E-state index contributed by atoms with van der Waals surface area (Å²) in [7, 11) is 0. The Morgan fingerprint density at radius 2 is 2.00 bits per heavy atom. The summed E-state index contributed by atoms with van der Waals surface area (Å²) in [5.74, 6) is 0.736. The molecule has 1 saturated carbocycles. The predicted octanol–water partition coefficient (Wildman–Crippen LogP) is 2.55. The van der Waals surface area contributed by atoms with Crippen LogP contribution in [0.1, 0.15) is 19.3 Å². The molecule has 1 aromatic carbocycles. The molecule has 1 N–H and O–H groups in total. The highest BCUT2D eigenvalue weighted by Gasteiger charge is 2.34. The van der Waals surface area contributed by atoms with Crippen LogP contribution in [0.2, 0.25) is 0 Å². The van der Waals surface area contributed by atoms with Gasteiger partial charge in [0.1, 0.15) is 0 Å². The van der Waals surface area contributed by atoms with E-state index >= 15 is 0 Å². The number of para-hydroxylation sites is 1. The van der Waals surface area contributed by atoms with Crippen molar-refractivity contribution in [1.29, 1.82) is 0 Å². The Kier molecular flexibility index (Phi) is 5.88. The van der Waals surface area contributed by atoms with Crippen LogP contribution in [-0.2, 0) is 9.53 Å². The van der Waals surface area contributed by atoms with Gasteiger partial charge in [0.2, 0.25) is 5.91 Å². The maximum atomic E-state index is 12.4. The van der Waals surface area contributed by atoms with E-state index in [1.807, 2.05) is 30.3 Å². The van der Waals surface area contributed by atoms with Gasteiger partial charge in [0, 0.05) is 30.8 Å². The first-order chi connectivity index (χ1) is 9.83. The molecule has 3 rings (SSSR count). The minimum Gasteiger partial charge on any atom is -0.381 e. The number of anilines is 1. The summed E-state index contributed by atoms with van der Waals surface area (Å²) >= 11 is 0. The van der Waals surface area contributed by atoms with Gasteiger partial charge in [0.25, 0.3) is 0 Å². The van der Waals surface area contributed by atoms with Gasteiger partial charge in [-0.3, -0.25) is 4.79 Å². The summed E-state index contributed by atoms with van der Waals surface area (Å²) in [5, 5.41) is 3.21. The van der Waals surface area contributed by atoms with Crippen LogP contribution in [0, 0.1) is 5.92 Å². The van der Waals surface area contributed by atoms with Gasteiger partial charge < -0.3 is 15.0 Å². The minimum atomic E-state index is 0. The summed E-state index contributed by atoms with van der Waals surface area (Å²) in [6.07, 6.45) is 3.40. The van der Waals surface area contributed by atoms with Crippen LogP contribution >= 0.6 is 12.4 Å². The lowest BCUT2D eigenvalue weighted by Gasteiger charge is -2.25. The Labute approximate surface area is 132 Å².